The molecule has 0 aliphatic carbocycles. The largest absolute Gasteiger partial charge is 0.466 e. The predicted molar refractivity (Wildman–Crippen MR) is 66.7 cm³/mol. The lowest BCUT2D eigenvalue weighted by Crippen LogP contribution is -2.17. The Morgan fingerprint density at radius 1 is 1.47 bits per heavy atom. The third-order valence-electron chi connectivity index (χ3n) is 2.92. The predicted octanol–water partition coefficient (Wildman–Crippen LogP) is 2.55. The van der Waals surface area contributed by atoms with Crippen molar-refractivity contribution in [3.63, 3.8) is 0 Å². The monoisotopic (exact) mass is 233 g/mol. The van der Waals surface area contributed by atoms with E-state index in [2.05, 4.69) is 12.0 Å². The summed E-state index contributed by atoms with van der Waals surface area (Å²) in [5.74, 6) is 1.79. The van der Waals surface area contributed by atoms with E-state index in [4.69, 9.17) is 10.2 Å². The molecule has 0 aliphatic rings. The average molecular weight is 233 g/mol. The normalized spacial score (nSPS) is 12.9. The first-order valence-electron chi connectivity index (χ1n) is 5.97. The lowest BCUT2D eigenvalue weighted by Gasteiger charge is -2.13. The quantitative estimate of drug-likeness (QED) is 0.883. The zero-order chi connectivity index (χ0) is 12.4. The van der Waals surface area contributed by atoms with E-state index in [1.807, 2.05) is 30.7 Å². The van der Waals surface area contributed by atoms with Gasteiger partial charge in [0.15, 0.2) is 0 Å². The molecule has 2 rings (SSSR count). The lowest BCUT2D eigenvalue weighted by molar-refractivity contribution is 0.497. The second-order valence-electron chi connectivity index (χ2n) is 4.33. The van der Waals surface area contributed by atoms with Crippen LogP contribution >= 0.6 is 0 Å². The summed E-state index contributed by atoms with van der Waals surface area (Å²) in [7, 11) is 0. The summed E-state index contributed by atoms with van der Waals surface area (Å²) in [4.78, 5) is 0. The van der Waals surface area contributed by atoms with E-state index in [0.717, 1.165) is 35.7 Å². The fraction of sp³-hybridized carbons (Fsp3) is 0.462. The van der Waals surface area contributed by atoms with Crippen molar-refractivity contribution in [1.82, 2.24) is 9.78 Å². The van der Waals surface area contributed by atoms with Crippen LogP contribution in [-0.4, -0.2) is 9.78 Å². The van der Waals surface area contributed by atoms with Crippen molar-refractivity contribution in [2.75, 3.05) is 0 Å². The van der Waals surface area contributed by atoms with Crippen LogP contribution in [-0.2, 0) is 6.54 Å². The summed E-state index contributed by atoms with van der Waals surface area (Å²) in [5.41, 5.74) is 8.36. The topological polar surface area (TPSA) is 57.0 Å². The summed E-state index contributed by atoms with van der Waals surface area (Å²) >= 11 is 0. The highest BCUT2D eigenvalue weighted by Crippen LogP contribution is 2.25. The first kappa shape index (κ1) is 11.9. The minimum absolute atomic E-state index is 0.165. The first-order valence-corrected chi connectivity index (χ1v) is 5.97. The number of rotatable bonds is 4. The van der Waals surface area contributed by atoms with Crippen LogP contribution in [0.5, 0.6) is 0 Å². The van der Waals surface area contributed by atoms with Gasteiger partial charge in [-0.15, -0.1) is 0 Å². The molecule has 2 heterocycles. The van der Waals surface area contributed by atoms with Gasteiger partial charge in [-0.05, 0) is 32.4 Å². The molecule has 92 valence electrons. The minimum Gasteiger partial charge on any atom is -0.466 e. The molecule has 1 unspecified atom stereocenters. The molecule has 4 heteroatoms. The van der Waals surface area contributed by atoms with Crippen LogP contribution in [0.15, 0.2) is 22.7 Å². The molecule has 0 saturated heterocycles. The van der Waals surface area contributed by atoms with Gasteiger partial charge in [-0.2, -0.15) is 5.10 Å². The number of nitrogens with two attached hydrogens (primary N) is 1. The second kappa shape index (κ2) is 4.75. The van der Waals surface area contributed by atoms with Gasteiger partial charge in [-0.25, -0.2) is 0 Å². The van der Waals surface area contributed by atoms with Gasteiger partial charge in [-0.3, -0.25) is 4.68 Å². The molecule has 0 aromatic carbocycles. The molecular formula is C13H19N3O. The number of hydrogen-bond donors (Lipinski definition) is 1. The highest BCUT2D eigenvalue weighted by molar-refractivity contribution is 5.30. The van der Waals surface area contributed by atoms with Crippen LogP contribution < -0.4 is 5.73 Å². The zero-order valence-electron chi connectivity index (χ0n) is 10.6. The maximum absolute atomic E-state index is 6.29. The van der Waals surface area contributed by atoms with E-state index < -0.39 is 0 Å². The summed E-state index contributed by atoms with van der Waals surface area (Å²) in [5, 5.41) is 4.30. The Morgan fingerprint density at radius 3 is 2.82 bits per heavy atom. The molecule has 0 bridgehead atoms. The Labute approximate surface area is 101 Å². The number of aryl methyl sites for hydroxylation is 3. The van der Waals surface area contributed by atoms with E-state index in [9.17, 15) is 0 Å². The van der Waals surface area contributed by atoms with Gasteiger partial charge in [0.2, 0.25) is 0 Å². The van der Waals surface area contributed by atoms with Crippen molar-refractivity contribution >= 4 is 0 Å². The van der Waals surface area contributed by atoms with Crippen LogP contribution in [0, 0.1) is 13.8 Å². The van der Waals surface area contributed by atoms with Gasteiger partial charge in [0.25, 0.3) is 0 Å². The first-order chi connectivity index (χ1) is 8.13. The van der Waals surface area contributed by atoms with E-state index in [-0.39, 0.29) is 6.04 Å². The second-order valence-corrected chi connectivity index (χ2v) is 4.33. The molecule has 2 aromatic heterocycles. The molecule has 0 amide bonds. The molecular weight excluding hydrogens is 214 g/mol. The van der Waals surface area contributed by atoms with Crippen molar-refractivity contribution in [3.8, 4) is 0 Å². The Balaban J connectivity index is 2.33. The molecule has 0 spiro atoms. The van der Waals surface area contributed by atoms with Crippen LogP contribution in [0.3, 0.4) is 0 Å². The average Bonchev–Trinajstić information content (AvgIpc) is 2.85. The fourth-order valence-corrected chi connectivity index (χ4v) is 2.12. The van der Waals surface area contributed by atoms with E-state index in [1.165, 1.54) is 0 Å². The highest BCUT2D eigenvalue weighted by atomic mass is 16.3. The van der Waals surface area contributed by atoms with Crippen LogP contribution in [0.4, 0.5) is 0 Å². The summed E-state index contributed by atoms with van der Waals surface area (Å²) < 4.78 is 7.49. The minimum atomic E-state index is -0.165. The molecule has 4 nitrogen and oxygen atoms in total. The number of aromatic nitrogens is 2. The van der Waals surface area contributed by atoms with E-state index in [1.54, 1.807) is 6.20 Å². The Hall–Kier alpha value is -1.55. The number of hydrogen-bond acceptors (Lipinski definition) is 3. The number of furan rings is 1. The zero-order valence-corrected chi connectivity index (χ0v) is 10.6. The Bertz CT molecular complexity index is 498. The maximum atomic E-state index is 6.29. The summed E-state index contributed by atoms with van der Waals surface area (Å²) in [6.07, 6.45) is 2.85. The number of nitrogens with zero attached hydrogens (tertiary/aromatic N) is 2. The van der Waals surface area contributed by atoms with Gasteiger partial charge >= 0.3 is 0 Å². The molecule has 0 radical (unpaired) electrons. The van der Waals surface area contributed by atoms with Crippen molar-refractivity contribution in [2.45, 2.75) is 39.8 Å². The summed E-state index contributed by atoms with van der Waals surface area (Å²) in [6, 6.07) is 3.81. The van der Waals surface area contributed by atoms with Gasteiger partial charge in [-0.1, -0.05) is 6.92 Å². The van der Waals surface area contributed by atoms with Crippen LogP contribution in [0.1, 0.15) is 42.2 Å². The SMILES string of the molecule is CCCn1nccc1C(N)c1cc(C)oc1C. The Morgan fingerprint density at radius 2 is 2.24 bits per heavy atom. The van der Waals surface area contributed by atoms with Crippen molar-refractivity contribution in [3.05, 3.63) is 41.1 Å². The van der Waals surface area contributed by atoms with Gasteiger partial charge in [0.05, 0.1) is 11.7 Å². The molecule has 0 saturated carbocycles. The molecule has 2 N–H and O–H groups in total. The third kappa shape index (κ3) is 2.26. The molecule has 2 aromatic rings. The standard InChI is InChI=1S/C13H19N3O/c1-4-7-16-12(5-6-15-16)13(14)11-8-9(2)17-10(11)3/h5-6,8,13H,4,7,14H2,1-3H3. The summed E-state index contributed by atoms with van der Waals surface area (Å²) in [6.45, 7) is 6.91. The van der Waals surface area contributed by atoms with Gasteiger partial charge in [0, 0.05) is 18.3 Å². The van der Waals surface area contributed by atoms with Crippen molar-refractivity contribution < 1.29 is 4.42 Å². The van der Waals surface area contributed by atoms with Crippen LogP contribution in [0.2, 0.25) is 0 Å². The van der Waals surface area contributed by atoms with Crippen molar-refractivity contribution in [2.24, 2.45) is 5.73 Å². The molecule has 0 aliphatic heterocycles. The highest BCUT2D eigenvalue weighted by Gasteiger charge is 2.18. The molecule has 17 heavy (non-hydrogen) atoms. The Kier molecular flexibility index (Phi) is 3.33. The molecule has 0 fully saturated rings. The van der Waals surface area contributed by atoms with Gasteiger partial charge in [0.1, 0.15) is 11.5 Å². The molecule has 1 atom stereocenters. The van der Waals surface area contributed by atoms with Gasteiger partial charge < -0.3 is 10.2 Å². The van der Waals surface area contributed by atoms with E-state index >= 15 is 0 Å². The van der Waals surface area contributed by atoms with E-state index in [0.29, 0.717) is 0 Å². The fourth-order valence-electron chi connectivity index (χ4n) is 2.12. The maximum Gasteiger partial charge on any atom is 0.106 e. The lowest BCUT2D eigenvalue weighted by atomic mass is 10.1. The van der Waals surface area contributed by atoms with Crippen LogP contribution in [0.25, 0.3) is 0 Å². The van der Waals surface area contributed by atoms with Crippen molar-refractivity contribution in [1.29, 1.82) is 0 Å². The third-order valence-corrected chi connectivity index (χ3v) is 2.92. The smallest absolute Gasteiger partial charge is 0.106 e.